The van der Waals surface area contributed by atoms with E-state index in [9.17, 15) is 9.59 Å². The third-order valence-electron chi connectivity index (χ3n) is 6.08. The van der Waals surface area contributed by atoms with Gasteiger partial charge in [-0.2, -0.15) is 5.10 Å². The Balaban J connectivity index is 1.58. The predicted octanol–water partition coefficient (Wildman–Crippen LogP) is 2.64. The molecule has 2 aromatic rings. The number of nitrogens with one attached hydrogen (secondary N) is 2. The summed E-state index contributed by atoms with van der Waals surface area (Å²) >= 11 is 0. The van der Waals surface area contributed by atoms with Crippen LogP contribution in [0.2, 0.25) is 0 Å². The van der Waals surface area contributed by atoms with Crippen LogP contribution in [-0.4, -0.2) is 46.1 Å². The largest absolute Gasteiger partial charge is 0.356 e. The Hall–Kier alpha value is -2.67. The monoisotopic (exact) mass is 425 g/mol. The van der Waals surface area contributed by atoms with Crippen LogP contribution in [0.3, 0.4) is 0 Å². The quantitative estimate of drug-likeness (QED) is 0.746. The molecule has 31 heavy (non-hydrogen) atoms. The highest BCUT2D eigenvalue weighted by molar-refractivity contribution is 5.79. The zero-order chi connectivity index (χ0) is 22.1. The van der Waals surface area contributed by atoms with E-state index in [0.29, 0.717) is 32.5 Å². The summed E-state index contributed by atoms with van der Waals surface area (Å²) in [6.45, 7) is 8.49. The van der Waals surface area contributed by atoms with Gasteiger partial charge in [0.1, 0.15) is 0 Å². The molecule has 0 spiro atoms. The van der Waals surface area contributed by atoms with Crippen molar-refractivity contribution in [2.24, 2.45) is 5.92 Å². The fourth-order valence-corrected chi connectivity index (χ4v) is 4.10. The van der Waals surface area contributed by atoms with Gasteiger partial charge in [-0.25, -0.2) is 0 Å². The molecule has 1 aliphatic heterocycles. The minimum atomic E-state index is -0.0893. The van der Waals surface area contributed by atoms with Gasteiger partial charge in [0.2, 0.25) is 11.8 Å². The molecule has 7 heteroatoms. The average molecular weight is 426 g/mol. The molecule has 3 rings (SSSR count). The molecule has 1 aromatic carbocycles. The highest BCUT2D eigenvalue weighted by atomic mass is 16.2. The lowest BCUT2D eigenvalue weighted by atomic mass is 9.98. The van der Waals surface area contributed by atoms with Crippen LogP contribution in [0.5, 0.6) is 0 Å². The van der Waals surface area contributed by atoms with E-state index in [1.54, 1.807) is 0 Å². The van der Waals surface area contributed by atoms with Crippen LogP contribution in [0.15, 0.2) is 36.5 Å². The Morgan fingerprint density at radius 1 is 1.23 bits per heavy atom. The zero-order valence-corrected chi connectivity index (χ0v) is 18.8. The van der Waals surface area contributed by atoms with Crippen LogP contribution < -0.4 is 10.6 Å². The molecule has 1 fully saturated rings. The Morgan fingerprint density at radius 2 is 2.03 bits per heavy atom. The van der Waals surface area contributed by atoms with E-state index >= 15 is 0 Å². The molecule has 7 nitrogen and oxygen atoms in total. The lowest BCUT2D eigenvalue weighted by Crippen LogP contribution is -2.33. The first-order valence-electron chi connectivity index (χ1n) is 11.4. The van der Waals surface area contributed by atoms with Crippen molar-refractivity contribution >= 4 is 11.8 Å². The number of aryl methyl sites for hydroxylation is 1. The number of hydrogen-bond acceptors (Lipinski definition) is 4. The molecule has 2 heterocycles. The second kappa shape index (κ2) is 11.6. The van der Waals surface area contributed by atoms with Gasteiger partial charge < -0.3 is 10.6 Å². The van der Waals surface area contributed by atoms with Crippen LogP contribution >= 0.6 is 0 Å². The standard InChI is InChI=1S/C24H35N5O2/c1-3-29-19(2)22(17-27-29)18-28-14-7-10-21(11-13-25-23(30)12-15-28)24(31)26-16-20-8-5-4-6-9-20/h4-6,8-9,17,21H,3,7,10-16,18H2,1-2H3,(H,25,30)(H,26,31). The number of benzene rings is 1. The maximum absolute atomic E-state index is 12.8. The number of rotatable bonds is 6. The van der Waals surface area contributed by atoms with Gasteiger partial charge in [0, 0.05) is 56.3 Å². The van der Waals surface area contributed by atoms with Crippen LogP contribution in [0.25, 0.3) is 0 Å². The number of hydrogen-bond donors (Lipinski definition) is 2. The van der Waals surface area contributed by atoms with Crippen LogP contribution in [0.1, 0.15) is 49.4 Å². The molecule has 1 atom stereocenters. The fraction of sp³-hybridized carbons (Fsp3) is 0.542. The number of amides is 2. The van der Waals surface area contributed by atoms with Gasteiger partial charge >= 0.3 is 0 Å². The van der Waals surface area contributed by atoms with Gasteiger partial charge in [0.15, 0.2) is 0 Å². The SMILES string of the molecule is CCn1ncc(CN2CCCC(C(=O)NCc3ccccc3)CCNC(=O)CC2)c1C. The minimum absolute atomic E-state index is 0.0521. The summed E-state index contributed by atoms with van der Waals surface area (Å²) in [5.74, 6) is 0.0359. The van der Waals surface area contributed by atoms with E-state index in [1.165, 1.54) is 11.3 Å². The minimum Gasteiger partial charge on any atom is -0.356 e. The van der Waals surface area contributed by atoms with Crippen molar-refractivity contribution in [3.63, 3.8) is 0 Å². The number of aromatic nitrogens is 2. The molecular formula is C24H35N5O2. The summed E-state index contributed by atoms with van der Waals surface area (Å²) in [6, 6.07) is 9.95. The summed E-state index contributed by atoms with van der Waals surface area (Å²) in [6.07, 6.45) is 4.84. The number of carbonyl (C=O) groups excluding carboxylic acids is 2. The predicted molar refractivity (Wildman–Crippen MR) is 121 cm³/mol. The van der Waals surface area contributed by atoms with E-state index in [0.717, 1.165) is 38.0 Å². The molecule has 2 N–H and O–H groups in total. The summed E-state index contributed by atoms with van der Waals surface area (Å²) in [5, 5.41) is 10.5. The molecule has 1 unspecified atom stereocenters. The molecule has 168 valence electrons. The molecule has 1 aromatic heterocycles. The summed E-state index contributed by atoms with van der Waals surface area (Å²) in [7, 11) is 0. The molecule has 1 aliphatic rings. The average Bonchev–Trinajstić information content (AvgIpc) is 3.12. The first-order chi connectivity index (χ1) is 15.1. The summed E-state index contributed by atoms with van der Waals surface area (Å²) in [4.78, 5) is 27.4. The maximum Gasteiger partial charge on any atom is 0.223 e. The first kappa shape index (κ1) is 23.0. The molecule has 0 saturated carbocycles. The Labute approximate surface area is 185 Å². The van der Waals surface area contributed by atoms with Gasteiger partial charge in [-0.15, -0.1) is 0 Å². The Kier molecular flexibility index (Phi) is 8.64. The van der Waals surface area contributed by atoms with Gasteiger partial charge in [0.25, 0.3) is 0 Å². The van der Waals surface area contributed by atoms with E-state index in [1.807, 2.05) is 41.2 Å². The first-order valence-corrected chi connectivity index (χ1v) is 11.4. The van der Waals surface area contributed by atoms with E-state index < -0.39 is 0 Å². The molecule has 0 aliphatic carbocycles. The smallest absolute Gasteiger partial charge is 0.223 e. The Bertz CT molecular complexity index is 849. The van der Waals surface area contributed by atoms with E-state index in [4.69, 9.17) is 0 Å². The fourth-order valence-electron chi connectivity index (χ4n) is 4.10. The summed E-state index contributed by atoms with van der Waals surface area (Å²) < 4.78 is 2.00. The molecule has 0 bridgehead atoms. The second-order valence-corrected chi connectivity index (χ2v) is 8.28. The van der Waals surface area contributed by atoms with Crippen molar-refractivity contribution < 1.29 is 9.59 Å². The summed E-state index contributed by atoms with van der Waals surface area (Å²) in [5.41, 5.74) is 3.48. The van der Waals surface area contributed by atoms with Gasteiger partial charge in [0.05, 0.1) is 6.20 Å². The van der Waals surface area contributed by atoms with Crippen molar-refractivity contribution in [3.8, 4) is 0 Å². The third-order valence-corrected chi connectivity index (χ3v) is 6.08. The van der Waals surface area contributed by atoms with Gasteiger partial charge in [-0.1, -0.05) is 30.3 Å². The van der Waals surface area contributed by atoms with Gasteiger partial charge in [-0.3, -0.25) is 19.2 Å². The Morgan fingerprint density at radius 3 is 2.77 bits per heavy atom. The molecule has 0 radical (unpaired) electrons. The number of nitrogens with zero attached hydrogens (tertiary/aromatic N) is 3. The topological polar surface area (TPSA) is 79.3 Å². The highest BCUT2D eigenvalue weighted by Gasteiger charge is 2.21. The zero-order valence-electron chi connectivity index (χ0n) is 18.8. The third kappa shape index (κ3) is 6.92. The lowest BCUT2D eigenvalue weighted by molar-refractivity contribution is -0.126. The second-order valence-electron chi connectivity index (χ2n) is 8.28. The molecule has 2 amide bonds. The molecular weight excluding hydrogens is 390 g/mol. The van der Waals surface area contributed by atoms with Crippen molar-refractivity contribution in [2.45, 2.75) is 59.2 Å². The van der Waals surface area contributed by atoms with Crippen molar-refractivity contribution in [1.29, 1.82) is 0 Å². The van der Waals surface area contributed by atoms with E-state index in [2.05, 4.69) is 34.5 Å². The maximum atomic E-state index is 12.8. The van der Waals surface area contributed by atoms with E-state index in [-0.39, 0.29) is 17.7 Å². The van der Waals surface area contributed by atoms with Crippen LogP contribution in [0, 0.1) is 12.8 Å². The van der Waals surface area contributed by atoms with Crippen LogP contribution in [0.4, 0.5) is 0 Å². The number of carbonyl (C=O) groups is 2. The normalized spacial score (nSPS) is 18.8. The molecule has 1 saturated heterocycles. The lowest BCUT2D eigenvalue weighted by Gasteiger charge is -2.22. The van der Waals surface area contributed by atoms with Crippen molar-refractivity contribution in [3.05, 3.63) is 53.3 Å². The van der Waals surface area contributed by atoms with Crippen LogP contribution in [-0.2, 0) is 29.2 Å². The van der Waals surface area contributed by atoms with Gasteiger partial charge in [-0.05, 0) is 45.2 Å². The highest BCUT2D eigenvalue weighted by Crippen LogP contribution is 2.16. The van der Waals surface area contributed by atoms with Crippen molar-refractivity contribution in [1.82, 2.24) is 25.3 Å². The van der Waals surface area contributed by atoms with Crippen molar-refractivity contribution in [2.75, 3.05) is 19.6 Å².